The molecule has 270 valence electrons. The average Bonchev–Trinajstić information content (AvgIpc) is 3.46. The van der Waals surface area contributed by atoms with E-state index in [9.17, 15) is 0 Å². The Morgan fingerprint density at radius 3 is 2.04 bits per heavy atom. The van der Waals surface area contributed by atoms with Gasteiger partial charge in [0.2, 0.25) is 0 Å². The first-order valence-electron chi connectivity index (χ1n) is 20.5. The van der Waals surface area contributed by atoms with Crippen molar-refractivity contribution in [2.45, 2.75) is 70.6 Å². The minimum atomic E-state index is 0.00456. The number of hydrogen-bond acceptors (Lipinski definition) is 1. The third kappa shape index (κ3) is 5.67. The summed E-state index contributed by atoms with van der Waals surface area (Å²) < 4.78 is 0. The Labute approximate surface area is 326 Å². The Bertz CT molecular complexity index is 2640. The van der Waals surface area contributed by atoms with Crippen molar-refractivity contribution in [2.75, 3.05) is 4.90 Å². The van der Waals surface area contributed by atoms with Crippen LogP contribution in [0.4, 0.5) is 17.1 Å². The molecule has 1 unspecified atom stereocenters. The minimum absolute atomic E-state index is 0.00456. The monoisotopic (exact) mass is 711 g/mol. The highest BCUT2D eigenvalue weighted by Crippen LogP contribution is 2.54. The van der Waals surface area contributed by atoms with Crippen LogP contribution < -0.4 is 4.90 Å². The van der Waals surface area contributed by atoms with Gasteiger partial charge in [-0.15, -0.1) is 0 Å². The molecule has 0 radical (unpaired) electrons. The highest BCUT2D eigenvalue weighted by atomic mass is 15.1. The zero-order valence-electron chi connectivity index (χ0n) is 32.4. The number of rotatable bonds is 6. The van der Waals surface area contributed by atoms with Crippen LogP contribution in [0.15, 0.2) is 163 Å². The van der Waals surface area contributed by atoms with Crippen LogP contribution in [0.25, 0.3) is 43.8 Å². The summed E-state index contributed by atoms with van der Waals surface area (Å²) in [4.78, 5) is 2.51. The van der Waals surface area contributed by atoms with Gasteiger partial charge in [0, 0.05) is 22.1 Å². The molecule has 0 N–H and O–H groups in total. The first-order chi connectivity index (χ1) is 27.0. The molecule has 1 atom stereocenters. The van der Waals surface area contributed by atoms with E-state index in [1.165, 1.54) is 115 Å². The third-order valence-corrected chi connectivity index (χ3v) is 13.1. The van der Waals surface area contributed by atoms with Crippen molar-refractivity contribution in [3.05, 3.63) is 186 Å². The summed E-state index contributed by atoms with van der Waals surface area (Å²) in [5.41, 5.74) is 16.3. The molecule has 0 aromatic heterocycles. The van der Waals surface area contributed by atoms with Gasteiger partial charge in [-0.05, 0) is 116 Å². The van der Waals surface area contributed by atoms with Crippen LogP contribution in [0.3, 0.4) is 0 Å². The topological polar surface area (TPSA) is 3.24 Å². The Kier molecular flexibility index (Phi) is 8.36. The predicted octanol–water partition coefficient (Wildman–Crippen LogP) is 15.3. The van der Waals surface area contributed by atoms with Crippen LogP contribution in [0.5, 0.6) is 0 Å². The van der Waals surface area contributed by atoms with E-state index >= 15 is 0 Å². The molecule has 1 saturated carbocycles. The van der Waals surface area contributed by atoms with Crippen LogP contribution in [0, 0.1) is 5.92 Å². The largest absolute Gasteiger partial charge is 0.309 e. The van der Waals surface area contributed by atoms with Gasteiger partial charge in [-0.2, -0.15) is 0 Å². The summed E-state index contributed by atoms with van der Waals surface area (Å²) in [6, 6.07) is 57.1. The number of benzene rings is 7. The van der Waals surface area contributed by atoms with Crippen LogP contribution in [0.2, 0.25) is 0 Å². The van der Waals surface area contributed by atoms with E-state index < -0.39 is 0 Å². The molecule has 0 aliphatic heterocycles. The van der Waals surface area contributed by atoms with Crippen molar-refractivity contribution < 1.29 is 0 Å². The predicted molar refractivity (Wildman–Crippen MR) is 236 cm³/mol. The third-order valence-electron chi connectivity index (χ3n) is 13.1. The van der Waals surface area contributed by atoms with Crippen molar-refractivity contribution in [1.82, 2.24) is 0 Å². The summed E-state index contributed by atoms with van der Waals surface area (Å²) in [5.74, 6) is 1.05. The lowest BCUT2D eigenvalue weighted by Gasteiger charge is -2.31. The van der Waals surface area contributed by atoms with E-state index in [-0.39, 0.29) is 5.41 Å². The fourth-order valence-electron chi connectivity index (χ4n) is 10.4. The van der Waals surface area contributed by atoms with E-state index in [4.69, 9.17) is 0 Å². The van der Waals surface area contributed by atoms with Crippen LogP contribution in [0.1, 0.15) is 87.5 Å². The van der Waals surface area contributed by atoms with E-state index in [1.807, 2.05) is 0 Å². The van der Waals surface area contributed by atoms with Crippen LogP contribution in [-0.4, -0.2) is 0 Å². The quantitative estimate of drug-likeness (QED) is 0.166. The minimum Gasteiger partial charge on any atom is -0.309 e. The van der Waals surface area contributed by atoms with E-state index in [0.717, 1.165) is 12.1 Å². The number of anilines is 3. The van der Waals surface area contributed by atoms with Gasteiger partial charge < -0.3 is 4.90 Å². The summed E-state index contributed by atoms with van der Waals surface area (Å²) in [7, 11) is 0. The number of nitrogens with zero attached hydrogens (tertiary/aromatic N) is 1. The van der Waals surface area contributed by atoms with Gasteiger partial charge >= 0.3 is 0 Å². The Balaban J connectivity index is 1.13. The van der Waals surface area contributed by atoms with Gasteiger partial charge in [0.1, 0.15) is 0 Å². The normalized spacial score (nSPS) is 17.9. The molecule has 0 spiro atoms. The molecule has 55 heavy (non-hydrogen) atoms. The number of allylic oxidation sites excluding steroid dienone is 4. The molecule has 10 rings (SSSR count). The zero-order chi connectivity index (χ0) is 37.1. The maximum atomic E-state index is 2.53. The van der Waals surface area contributed by atoms with Gasteiger partial charge in [-0.3, -0.25) is 0 Å². The second-order valence-electron chi connectivity index (χ2n) is 16.8. The lowest BCUT2D eigenvalue weighted by molar-refractivity contribution is 0.445. The summed E-state index contributed by atoms with van der Waals surface area (Å²) >= 11 is 0. The first kappa shape index (κ1) is 33.9. The molecule has 0 heterocycles. The SMILES string of the molecule is CC1CC2=C(C=C1c1ccc(N(c3ccccc3-c3cccc4cccc(C5CCCCC5)c34)c3cccc4ccccc34)cc1)C(C)(C)c1ccccc12. The fourth-order valence-corrected chi connectivity index (χ4v) is 10.4. The number of para-hydroxylation sites is 1. The fraction of sp³-hybridized carbons (Fsp3) is 0.222. The van der Waals surface area contributed by atoms with E-state index in [1.54, 1.807) is 0 Å². The van der Waals surface area contributed by atoms with E-state index in [2.05, 4.69) is 183 Å². The summed E-state index contributed by atoms with van der Waals surface area (Å²) in [6.07, 6.45) is 10.2. The number of fused-ring (bicyclic) bond motifs is 4. The zero-order valence-corrected chi connectivity index (χ0v) is 32.4. The maximum Gasteiger partial charge on any atom is 0.0540 e. The molecule has 1 nitrogen and oxygen atoms in total. The van der Waals surface area contributed by atoms with Crippen LogP contribution >= 0.6 is 0 Å². The molecular weight excluding hydrogens is 663 g/mol. The lowest BCUT2D eigenvalue weighted by atomic mass is 9.75. The summed E-state index contributed by atoms with van der Waals surface area (Å²) in [5, 5.41) is 5.24. The molecule has 0 amide bonds. The van der Waals surface area contributed by atoms with Gasteiger partial charge in [-0.25, -0.2) is 0 Å². The molecule has 7 aromatic carbocycles. The van der Waals surface area contributed by atoms with Crippen molar-refractivity contribution >= 4 is 49.8 Å². The van der Waals surface area contributed by atoms with Crippen molar-refractivity contribution in [2.24, 2.45) is 5.92 Å². The molecule has 0 saturated heterocycles. The highest BCUT2D eigenvalue weighted by Gasteiger charge is 2.39. The molecule has 1 fully saturated rings. The molecule has 3 aliphatic rings. The van der Waals surface area contributed by atoms with E-state index in [0.29, 0.717) is 11.8 Å². The van der Waals surface area contributed by atoms with Gasteiger partial charge in [0.05, 0.1) is 11.4 Å². The van der Waals surface area contributed by atoms with Gasteiger partial charge in [0.25, 0.3) is 0 Å². The molecule has 7 aromatic rings. The Hall–Kier alpha value is -5.66. The highest BCUT2D eigenvalue weighted by molar-refractivity contribution is 6.06. The first-order valence-corrected chi connectivity index (χ1v) is 20.5. The van der Waals surface area contributed by atoms with Crippen molar-refractivity contribution in [3.63, 3.8) is 0 Å². The standard InChI is InChI=1S/C54H49N/c1-36-34-48-44-23-9-11-27-49(44)54(2,3)50(48)35-47(36)39-30-32-41(33-31-39)55(51-29-15-19-37-18-7-8-22-42(37)51)52-28-12-10-24-45(52)46-26-14-21-40-20-13-25-43(53(40)46)38-16-5-4-6-17-38/h7-15,18-33,35-36,38H,4-6,16-17,34H2,1-3H3. The molecule has 1 heteroatoms. The van der Waals surface area contributed by atoms with Gasteiger partial charge in [0.15, 0.2) is 0 Å². The number of hydrogen-bond donors (Lipinski definition) is 0. The molecule has 0 bridgehead atoms. The lowest BCUT2D eigenvalue weighted by Crippen LogP contribution is -2.18. The van der Waals surface area contributed by atoms with Crippen molar-refractivity contribution in [1.29, 1.82) is 0 Å². The van der Waals surface area contributed by atoms with Crippen molar-refractivity contribution in [3.8, 4) is 11.1 Å². The van der Waals surface area contributed by atoms with Crippen LogP contribution in [-0.2, 0) is 5.41 Å². The smallest absolute Gasteiger partial charge is 0.0540 e. The Morgan fingerprint density at radius 1 is 0.564 bits per heavy atom. The second-order valence-corrected chi connectivity index (χ2v) is 16.8. The average molecular weight is 712 g/mol. The molecule has 3 aliphatic carbocycles. The molecular formula is C54H49N. The van der Waals surface area contributed by atoms with Gasteiger partial charge in [-0.1, -0.05) is 174 Å². The Morgan fingerprint density at radius 2 is 1.20 bits per heavy atom. The summed E-state index contributed by atoms with van der Waals surface area (Å²) in [6.45, 7) is 7.20. The maximum absolute atomic E-state index is 2.53. The second kappa shape index (κ2) is 13.6.